The summed E-state index contributed by atoms with van der Waals surface area (Å²) in [5, 5.41) is 0. The summed E-state index contributed by atoms with van der Waals surface area (Å²) in [6, 6.07) is 3.16. The van der Waals surface area contributed by atoms with Gasteiger partial charge in [-0.3, -0.25) is 4.72 Å². The van der Waals surface area contributed by atoms with Gasteiger partial charge in [-0.15, -0.1) is 0 Å². The van der Waals surface area contributed by atoms with Gasteiger partial charge in [-0.1, -0.05) is 6.42 Å². The van der Waals surface area contributed by atoms with Crippen molar-refractivity contribution in [2.75, 3.05) is 36.8 Å². The van der Waals surface area contributed by atoms with Crippen LogP contribution in [0, 0.1) is 0 Å². The van der Waals surface area contributed by atoms with E-state index in [-0.39, 0.29) is 0 Å². The molecule has 116 valence electrons. The van der Waals surface area contributed by atoms with E-state index in [1.54, 1.807) is 12.1 Å². The van der Waals surface area contributed by atoms with Crippen LogP contribution in [0.3, 0.4) is 0 Å². The maximum absolute atomic E-state index is 12.4. The van der Waals surface area contributed by atoms with E-state index in [1.165, 1.54) is 4.31 Å². The van der Waals surface area contributed by atoms with E-state index < -0.39 is 10.2 Å². The molecule has 8 heteroatoms. The predicted molar refractivity (Wildman–Crippen MR) is 79.8 cm³/mol. The fourth-order valence-electron chi connectivity index (χ4n) is 2.50. The van der Waals surface area contributed by atoms with Gasteiger partial charge in [0.1, 0.15) is 13.2 Å². The lowest BCUT2D eigenvalue weighted by atomic mass is 10.2. The zero-order valence-electron chi connectivity index (χ0n) is 11.7. The van der Waals surface area contributed by atoms with Gasteiger partial charge >= 0.3 is 10.2 Å². The van der Waals surface area contributed by atoms with Crippen LogP contribution in [0.25, 0.3) is 0 Å². The highest BCUT2D eigenvalue weighted by molar-refractivity contribution is 7.90. The Morgan fingerprint density at radius 3 is 2.33 bits per heavy atom. The molecule has 21 heavy (non-hydrogen) atoms. The van der Waals surface area contributed by atoms with Crippen LogP contribution in [-0.2, 0) is 10.2 Å². The van der Waals surface area contributed by atoms with Crippen LogP contribution in [0.5, 0.6) is 11.5 Å². The number of hydrogen-bond donors (Lipinski definition) is 2. The molecule has 0 bridgehead atoms. The summed E-state index contributed by atoms with van der Waals surface area (Å²) in [6.07, 6.45) is 2.84. The molecule has 0 amide bonds. The van der Waals surface area contributed by atoms with Gasteiger partial charge in [-0.05, 0) is 12.8 Å². The van der Waals surface area contributed by atoms with E-state index >= 15 is 0 Å². The zero-order valence-corrected chi connectivity index (χ0v) is 12.5. The molecule has 0 aromatic heterocycles. The van der Waals surface area contributed by atoms with Gasteiger partial charge in [-0.25, -0.2) is 0 Å². The van der Waals surface area contributed by atoms with E-state index in [1.807, 2.05) is 0 Å². The predicted octanol–water partition coefficient (Wildman–Crippen LogP) is 1.18. The van der Waals surface area contributed by atoms with Crippen LogP contribution in [0.4, 0.5) is 11.4 Å². The smallest absolute Gasteiger partial charge is 0.301 e. The molecule has 0 saturated carbocycles. The van der Waals surface area contributed by atoms with Crippen molar-refractivity contribution in [3.63, 3.8) is 0 Å². The molecule has 0 atom stereocenters. The number of ether oxygens (including phenoxy) is 2. The first-order chi connectivity index (χ1) is 10.1. The van der Waals surface area contributed by atoms with Gasteiger partial charge in [0.05, 0.1) is 11.4 Å². The summed E-state index contributed by atoms with van der Waals surface area (Å²) in [4.78, 5) is 0. The Balaban J connectivity index is 1.83. The molecular weight excluding hydrogens is 294 g/mol. The van der Waals surface area contributed by atoms with Gasteiger partial charge in [0.15, 0.2) is 11.5 Å². The summed E-state index contributed by atoms with van der Waals surface area (Å²) >= 11 is 0. The molecule has 3 N–H and O–H groups in total. The summed E-state index contributed by atoms with van der Waals surface area (Å²) in [5.74, 6) is 1.05. The number of benzene rings is 1. The van der Waals surface area contributed by atoms with Crippen LogP contribution in [0.2, 0.25) is 0 Å². The third-order valence-corrected chi connectivity index (χ3v) is 5.13. The number of fused-ring (bicyclic) bond motifs is 1. The highest BCUT2D eigenvalue weighted by Gasteiger charge is 2.25. The molecule has 0 spiro atoms. The van der Waals surface area contributed by atoms with Crippen LogP contribution in [-0.4, -0.2) is 39.0 Å². The van der Waals surface area contributed by atoms with Crippen molar-refractivity contribution in [1.82, 2.24) is 4.31 Å². The van der Waals surface area contributed by atoms with Crippen molar-refractivity contribution in [2.45, 2.75) is 19.3 Å². The van der Waals surface area contributed by atoms with E-state index in [0.29, 0.717) is 49.2 Å². The molecule has 0 unspecified atom stereocenters. The van der Waals surface area contributed by atoms with Crippen molar-refractivity contribution < 1.29 is 17.9 Å². The quantitative estimate of drug-likeness (QED) is 0.817. The van der Waals surface area contributed by atoms with Gasteiger partial charge in [0, 0.05) is 25.2 Å². The highest BCUT2D eigenvalue weighted by atomic mass is 32.2. The summed E-state index contributed by atoms with van der Waals surface area (Å²) in [5.41, 5.74) is 6.54. The standard InChI is InChI=1S/C13H19N3O4S/c14-10-8-12-13(20-7-6-19-12)9-11(10)15-21(17,18)16-4-2-1-3-5-16/h8-9,15H,1-7,14H2. The van der Waals surface area contributed by atoms with Crippen molar-refractivity contribution in [3.8, 4) is 11.5 Å². The first kappa shape index (κ1) is 14.3. The third-order valence-electron chi connectivity index (χ3n) is 3.61. The Hall–Kier alpha value is -1.67. The molecule has 1 fully saturated rings. The lowest BCUT2D eigenvalue weighted by Gasteiger charge is -2.27. The first-order valence-corrected chi connectivity index (χ1v) is 8.47. The lowest BCUT2D eigenvalue weighted by molar-refractivity contribution is 0.172. The molecule has 0 aliphatic carbocycles. The average Bonchev–Trinajstić information content (AvgIpc) is 2.49. The molecule has 1 aromatic carbocycles. The van der Waals surface area contributed by atoms with Gasteiger partial charge < -0.3 is 15.2 Å². The van der Waals surface area contributed by atoms with Gasteiger partial charge in [0.2, 0.25) is 0 Å². The number of nitrogens with one attached hydrogen (secondary N) is 1. The lowest BCUT2D eigenvalue weighted by Crippen LogP contribution is -2.39. The summed E-state index contributed by atoms with van der Waals surface area (Å²) < 4.78 is 39.6. The second-order valence-corrected chi connectivity index (χ2v) is 6.82. The second-order valence-electron chi connectivity index (χ2n) is 5.15. The number of hydrogen-bond acceptors (Lipinski definition) is 5. The van der Waals surface area contributed by atoms with Gasteiger partial charge in [0.25, 0.3) is 0 Å². The van der Waals surface area contributed by atoms with E-state index in [2.05, 4.69) is 4.72 Å². The minimum absolute atomic E-state index is 0.319. The maximum Gasteiger partial charge on any atom is 0.301 e. The van der Waals surface area contributed by atoms with Crippen molar-refractivity contribution in [3.05, 3.63) is 12.1 Å². The molecule has 2 aliphatic rings. The first-order valence-electron chi connectivity index (χ1n) is 7.03. The Morgan fingerprint density at radius 1 is 1.05 bits per heavy atom. The average molecular weight is 313 g/mol. The molecule has 2 aliphatic heterocycles. The molecular formula is C13H19N3O4S. The fraction of sp³-hybridized carbons (Fsp3) is 0.538. The fourth-order valence-corrected chi connectivity index (χ4v) is 3.82. The van der Waals surface area contributed by atoms with E-state index in [0.717, 1.165) is 19.3 Å². The van der Waals surface area contributed by atoms with Crippen LogP contribution < -0.4 is 19.9 Å². The summed E-state index contributed by atoms with van der Waals surface area (Å²) in [7, 11) is -3.58. The second kappa shape index (κ2) is 5.61. The van der Waals surface area contributed by atoms with Crippen LogP contribution in [0.15, 0.2) is 12.1 Å². The minimum atomic E-state index is -3.58. The van der Waals surface area contributed by atoms with Gasteiger partial charge in [-0.2, -0.15) is 12.7 Å². The van der Waals surface area contributed by atoms with Crippen molar-refractivity contribution in [2.24, 2.45) is 0 Å². The SMILES string of the molecule is Nc1cc2c(cc1NS(=O)(=O)N1CCCCC1)OCCO2. The molecule has 0 radical (unpaired) electrons. The Labute approximate surface area is 124 Å². The maximum atomic E-state index is 12.4. The van der Waals surface area contributed by atoms with E-state index in [9.17, 15) is 8.42 Å². The van der Waals surface area contributed by atoms with Crippen LogP contribution in [0.1, 0.15) is 19.3 Å². The minimum Gasteiger partial charge on any atom is -0.486 e. The number of nitrogens with zero attached hydrogens (tertiary/aromatic N) is 1. The Morgan fingerprint density at radius 2 is 1.67 bits per heavy atom. The monoisotopic (exact) mass is 313 g/mol. The van der Waals surface area contributed by atoms with E-state index in [4.69, 9.17) is 15.2 Å². The molecule has 1 aromatic rings. The Bertz CT molecular complexity index is 627. The van der Waals surface area contributed by atoms with Crippen molar-refractivity contribution in [1.29, 1.82) is 0 Å². The normalized spacial score (nSPS) is 19.2. The number of rotatable bonds is 3. The Kier molecular flexibility index (Phi) is 3.81. The van der Waals surface area contributed by atoms with Crippen LogP contribution >= 0.6 is 0 Å². The number of nitrogens with two attached hydrogens (primary N) is 1. The third kappa shape index (κ3) is 3.01. The zero-order chi connectivity index (χ0) is 14.9. The van der Waals surface area contributed by atoms with Crippen molar-refractivity contribution >= 4 is 21.6 Å². The topological polar surface area (TPSA) is 93.9 Å². The molecule has 7 nitrogen and oxygen atoms in total. The molecule has 3 rings (SSSR count). The molecule has 2 heterocycles. The number of nitrogen functional groups attached to an aromatic ring is 1. The highest BCUT2D eigenvalue weighted by Crippen LogP contribution is 2.37. The number of anilines is 2. The summed E-state index contributed by atoms with van der Waals surface area (Å²) in [6.45, 7) is 1.99. The largest absolute Gasteiger partial charge is 0.486 e. The molecule has 1 saturated heterocycles. The number of piperidine rings is 1.